The first-order valence-corrected chi connectivity index (χ1v) is 8.98. The third-order valence-corrected chi connectivity index (χ3v) is 5.07. The van der Waals surface area contributed by atoms with E-state index >= 15 is 0 Å². The molecule has 2 aliphatic rings. The van der Waals surface area contributed by atoms with Crippen molar-refractivity contribution in [3.05, 3.63) is 34.9 Å². The first-order valence-electron chi connectivity index (χ1n) is 8.98. The van der Waals surface area contributed by atoms with E-state index in [4.69, 9.17) is 9.57 Å². The summed E-state index contributed by atoms with van der Waals surface area (Å²) in [4.78, 5) is 18.7. The van der Waals surface area contributed by atoms with E-state index in [1.165, 1.54) is 12.0 Å². The lowest BCUT2D eigenvalue weighted by Crippen LogP contribution is -2.42. The molecule has 0 spiro atoms. The van der Waals surface area contributed by atoms with Crippen molar-refractivity contribution in [3.8, 4) is 5.75 Å². The van der Waals surface area contributed by atoms with Gasteiger partial charge in [-0.1, -0.05) is 0 Å². The number of alkyl halides is 5. The molecule has 160 valence electrons. The second-order valence-corrected chi connectivity index (χ2v) is 7.40. The van der Waals surface area contributed by atoms with Gasteiger partial charge in [-0.25, -0.2) is 0 Å². The number of halogens is 5. The molecule has 2 aliphatic heterocycles. The number of nitrogens with zero attached hydrogens (tertiary/aromatic N) is 1. The number of amides is 1. The van der Waals surface area contributed by atoms with Gasteiger partial charge < -0.3 is 14.5 Å². The molecule has 1 aromatic carbocycles. The van der Waals surface area contributed by atoms with Crippen molar-refractivity contribution in [1.82, 2.24) is 10.4 Å². The van der Waals surface area contributed by atoms with Gasteiger partial charge in [0, 0.05) is 36.2 Å². The number of hydrogen-bond donors (Lipinski definition) is 1. The molecule has 1 fully saturated rings. The van der Waals surface area contributed by atoms with Crippen LogP contribution in [-0.4, -0.2) is 42.8 Å². The number of hydroxylamine groups is 1. The highest BCUT2D eigenvalue weighted by molar-refractivity contribution is 5.91. The fraction of sp³-hybridized carbons (Fsp3) is 0.526. The van der Waals surface area contributed by atoms with Crippen LogP contribution in [0.2, 0.25) is 0 Å². The summed E-state index contributed by atoms with van der Waals surface area (Å²) >= 11 is 0. The van der Waals surface area contributed by atoms with Crippen LogP contribution in [0.1, 0.15) is 37.8 Å². The summed E-state index contributed by atoms with van der Waals surface area (Å²) in [5.74, 6) is -5.14. The van der Waals surface area contributed by atoms with E-state index < -0.39 is 23.3 Å². The first-order chi connectivity index (χ1) is 13.4. The number of carbonyl (C=O) groups is 1. The lowest BCUT2D eigenvalue weighted by Gasteiger charge is -2.40. The Labute approximate surface area is 164 Å². The van der Waals surface area contributed by atoms with E-state index in [0.717, 1.165) is 12.1 Å². The number of nitrogens with one attached hydrogen (secondary N) is 1. The molecule has 29 heavy (non-hydrogen) atoms. The number of ether oxygens (including phenoxy) is 1. The fourth-order valence-electron chi connectivity index (χ4n) is 3.58. The number of hydrogen-bond acceptors (Lipinski definition) is 4. The van der Waals surface area contributed by atoms with Gasteiger partial charge in [0.15, 0.2) is 0 Å². The highest BCUT2D eigenvalue weighted by Crippen LogP contribution is 2.48. The molecular formula is C19H21F5N2O3. The molecule has 1 saturated heterocycles. The average Bonchev–Trinajstić information content (AvgIpc) is 3.03. The Kier molecular flexibility index (Phi) is 5.37. The van der Waals surface area contributed by atoms with Crippen molar-refractivity contribution >= 4 is 11.6 Å². The van der Waals surface area contributed by atoms with Crippen molar-refractivity contribution in [3.63, 3.8) is 0 Å². The van der Waals surface area contributed by atoms with Gasteiger partial charge in [-0.3, -0.25) is 4.79 Å². The molecular weight excluding hydrogens is 399 g/mol. The highest BCUT2D eigenvalue weighted by Gasteiger charge is 2.59. The summed E-state index contributed by atoms with van der Waals surface area (Å²) in [5.41, 5.74) is 1.28. The zero-order valence-electron chi connectivity index (χ0n) is 16.1. The minimum Gasteiger partial charge on any atom is -0.483 e. The molecule has 0 atom stereocenters. The van der Waals surface area contributed by atoms with Gasteiger partial charge in [-0.05, 0) is 38.5 Å². The van der Waals surface area contributed by atoms with Crippen LogP contribution >= 0.6 is 0 Å². The van der Waals surface area contributed by atoms with Gasteiger partial charge >= 0.3 is 12.1 Å². The van der Waals surface area contributed by atoms with E-state index in [-0.39, 0.29) is 35.9 Å². The van der Waals surface area contributed by atoms with Crippen LogP contribution in [0, 0.1) is 0 Å². The maximum Gasteiger partial charge on any atom is 0.458 e. The minimum absolute atomic E-state index is 0.0221. The standard InChI is InChI=1S/C19H21F5N2O3/c1-17(2)13(10-25-28-3)16(26-8-4-5-15(26)27)12-9-11(6-7-14(12)29-17)18(20,21)19(22,23)24/h6-7,9,25H,4-5,8,10H2,1-3H3. The van der Waals surface area contributed by atoms with Crippen LogP contribution in [-0.2, 0) is 15.6 Å². The summed E-state index contributed by atoms with van der Waals surface area (Å²) in [6.45, 7) is 3.87. The number of carbonyl (C=O) groups excluding carboxylic acids is 1. The molecule has 0 saturated carbocycles. The Morgan fingerprint density at radius 2 is 1.93 bits per heavy atom. The van der Waals surface area contributed by atoms with E-state index in [1.54, 1.807) is 13.8 Å². The van der Waals surface area contributed by atoms with Crippen molar-refractivity contribution in [2.45, 2.75) is 44.4 Å². The predicted molar refractivity (Wildman–Crippen MR) is 94.0 cm³/mol. The van der Waals surface area contributed by atoms with Crippen molar-refractivity contribution < 1.29 is 36.3 Å². The van der Waals surface area contributed by atoms with Crippen LogP contribution in [0.3, 0.4) is 0 Å². The quantitative estimate of drug-likeness (QED) is 0.578. The maximum atomic E-state index is 14.0. The third kappa shape index (κ3) is 3.71. The summed E-state index contributed by atoms with van der Waals surface area (Å²) < 4.78 is 72.5. The van der Waals surface area contributed by atoms with Crippen molar-refractivity contribution in [1.29, 1.82) is 0 Å². The number of likely N-dealkylation sites (tertiary alicyclic amines) is 1. The van der Waals surface area contributed by atoms with Crippen LogP contribution < -0.4 is 10.2 Å². The Hall–Kier alpha value is -2.20. The van der Waals surface area contributed by atoms with Gasteiger partial charge in [0.25, 0.3) is 0 Å². The SMILES string of the molecule is CONCC1=C(N2CCCC2=O)c2cc(C(F)(F)C(F)(F)F)ccc2OC1(C)C. The Morgan fingerprint density at radius 1 is 1.24 bits per heavy atom. The third-order valence-electron chi connectivity index (χ3n) is 5.07. The first kappa shape index (κ1) is 21.5. The molecule has 0 bridgehead atoms. The fourth-order valence-corrected chi connectivity index (χ4v) is 3.58. The van der Waals surface area contributed by atoms with Crippen LogP contribution in [0.5, 0.6) is 5.75 Å². The second-order valence-electron chi connectivity index (χ2n) is 7.40. The molecule has 5 nitrogen and oxygen atoms in total. The molecule has 2 heterocycles. The summed E-state index contributed by atoms with van der Waals surface area (Å²) in [6.07, 6.45) is -4.92. The maximum absolute atomic E-state index is 14.0. The number of rotatable bonds is 5. The zero-order chi connectivity index (χ0) is 21.6. The molecule has 1 amide bonds. The molecule has 3 rings (SSSR count). The van der Waals surface area contributed by atoms with Gasteiger partial charge in [-0.15, -0.1) is 0 Å². The average molecular weight is 420 g/mol. The van der Waals surface area contributed by atoms with Crippen LogP contribution in [0.25, 0.3) is 5.70 Å². The Balaban J connectivity index is 2.23. The van der Waals surface area contributed by atoms with E-state index in [9.17, 15) is 26.7 Å². The molecule has 0 aliphatic carbocycles. The molecule has 1 aromatic rings. The highest BCUT2D eigenvalue weighted by atomic mass is 19.4. The lowest BCUT2D eigenvalue weighted by atomic mass is 9.87. The van der Waals surface area contributed by atoms with E-state index in [1.807, 2.05) is 0 Å². The van der Waals surface area contributed by atoms with Crippen LogP contribution in [0.15, 0.2) is 23.8 Å². The van der Waals surface area contributed by atoms with Crippen LogP contribution in [0.4, 0.5) is 22.0 Å². The van der Waals surface area contributed by atoms with Gasteiger partial charge in [0.1, 0.15) is 11.4 Å². The Morgan fingerprint density at radius 3 is 2.48 bits per heavy atom. The van der Waals surface area contributed by atoms with Gasteiger partial charge in [-0.2, -0.15) is 27.4 Å². The normalized spacial score (nSPS) is 19.4. The van der Waals surface area contributed by atoms with E-state index in [2.05, 4.69) is 5.48 Å². The topological polar surface area (TPSA) is 50.8 Å². The second kappa shape index (κ2) is 7.24. The summed E-state index contributed by atoms with van der Waals surface area (Å²) in [7, 11) is 1.38. The summed E-state index contributed by atoms with van der Waals surface area (Å²) in [6, 6.07) is 2.54. The molecule has 0 radical (unpaired) electrons. The van der Waals surface area contributed by atoms with Crippen molar-refractivity contribution in [2.24, 2.45) is 0 Å². The van der Waals surface area contributed by atoms with Crippen molar-refractivity contribution in [2.75, 3.05) is 20.2 Å². The summed E-state index contributed by atoms with van der Waals surface area (Å²) in [5, 5.41) is 0. The monoisotopic (exact) mass is 420 g/mol. The smallest absolute Gasteiger partial charge is 0.458 e. The van der Waals surface area contributed by atoms with Gasteiger partial charge in [0.2, 0.25) is 5.91 Å². The Bertz CT molecular complexity index is 849. The minimum atomic E-state index is -5.75. The molecule has 0 aromatic heterocycles. The largest absolute Gasteiger partial charge is 0.483 e. The molecule has 0 unspecified atom stereocenters. The van der Waals surface area contributed by atoms with Gasteiger partial charge in [0.05, 0.1) is 12.8 Å². The number of benzene rings is 1. The number of fused-ring (bicyclic) bond motifs is 1. The molecule has 1 N–H and O–H groups in total. The zero-order valence-corrected chi connectivity index (χ0v) is 16.1. The lowest BCUT2D eigenvalue weighted by molar-refractivity contribution is -0.289. The predicted octanol–water partition coefficient (Wildman–Crippen LogP) is 4.00. The molecule has 10 heteroatoms. The van der Waals surface area contributed by atoms with E-state index in [0.29, 0.717) is 24.6 Å².